The molecule has 1 atom stereocenters. The van der Waals surface area contributed by atoms with Gasteiger partial charge < -0.3 is 4.90 Å². The van der Waals surface area contributed by atoms with E-state index in [0.29, 0.717) is 18.7 Å². The van der Waals surface area contributed by atoms with Crippen LogP contribution in [0.2, 0.25) is 0 Å². The number of piperidine rings is 1. The Morgan fingerprint density at radius 2 is 2.08 bits per heavy atom. The largest absolute Gasteiger partial charge is 0.304 e. The minimum absolute atomic E-state index is 0.0164. The first-order valence-electron chi connectivity index (χ1n) is 7.47. The van der Waals surface area contributed by atoms with Crippen LogP contribution in [0.4, 0.5) is 4.39 Å². The van der Waals surface area contributed by atoms with E-state index in [0.717, 1.165) is 16.0 Å². The summed E-state index contributed by atoms with van der Waals surface area (Å²) >= 11 is 1.53. The minimum Gasteiger partial charge on any atom is -0.304 e. The molecule has 3 rings (SSSR count). The van der Waals surface area contributed by atoms with E-state index in [1.807, 2.05) is 24.4 Å². The number of rotatable bonds is 2. The lowest BCUT2D eigenvalue weighted by Crippen LogP contribution is -2.46. The summed E-state index contributed by atoms with van der Waals surface area (Å²) in [6, 6.07) is 8.30. The van der Waals surface area contributed by atoms with E-state index in [1.54, 1.807) is 13.1 Å². The SMILES string of the molecule is CN1C(=N)C[C@](C)(c2cc(-c3ccc(F)c(C#N)c3)cs2)CC1=O. The fourth-order valence-electron chi connectivity index (χ4n) is 2.92. The Bertz CT molecular complexity index is 863. The Morgan fingerprint density at radius 1 is 1.33 bits per heavy atom. The van der Waals surface area contributed by atoms with Crippen LogP contribution >= 0.6 is 11.3 Å². The van der Waals surface area contributed by atoms with Crippen LogP contribution in [0.5, 0.6) is 0 Å². The predicted molar refractivity (Wildman–Crippen MR) is 91.5 cm³/mol. The van der Waals surface area contributed by atoms with E-state index in [4.69, 9.17) is 10.7 Å². The molecule has 1 aromatic heterocycles. The molecule has 24 heavy (non-hydrogen) atoms. The molecule has 0 spiro atoms. The topological polar surface area (TPSA) is 68.0 Å². The Morgan fingerprint density at radius 3 is 2.75 bits per heavy atom. The number of amides is 1. The van der Waals surface area contributed by atoms with Gasteiger partial charge in [0.15, 0.2) is 0 Å². The van der Waals surface area contributed by atoms with Crippen molar-refractivity contribution in [3.8, 4) is 17.2 Å². The standard InChI is InChI=1S/C18H16FN3OS/c1-18(7-16(21)22(2)17(23)8-18)15-6-13(10-24-15)11-3-4-14(19)12(5-11)9-20/h3-6,10,21H,7-8H2,1-2H3/t18-/m0/s1. The van der Waals surface area contributed by atoms with Gasteiger partial charge in [-0.3, -0.25) is 10.2 Å². The van der Waals surface area contributed by atoms with Crippen molar-refractivity contribution in [2.75, 3.05) is 7.05 Å². The van der Waals surface area contributed by atoms with Crippen LogP contribution in [-0.4, -0.2) is 23.7 Å². The number of hydrogen-bond acceptors (Lipinski definition) is 4. The first kappa shape index (κ1) is 16.3. The van der Waals surface area contributed by atoms with E-state index >= 15 is 0 Å². The van der Waals surface area contributed by atoms with Gasteiger partial charge in [0, 0.05) is 30.2 Å². The molecular weight excluding hydrogens is 325 g/mol. The molecule has 0 radical (unpaired) electrons. The van der Waals surface area contributed by atoms with E-state index in [1.165, 1.54) is 28.4 Å². The van der Waals surface area contributed by atoms with Crippen LogP contribution in [-0.2, 0) is 10.2 Å². The van der Waals surface area contributed by atoms with Crippen LogP contribution in [0.15, 0.2) is 29.6 Å². The van der Waals surface area contributed by atoms with E-state index in [-0.39, 0.29) is 11.5 Å². The van der Waals surface area contributed by atoms with Crippen LogP contribution in [0, 0.1) is 22.6 Å². The monoisotopic (exact) mass is 341 g/mol. The fourth-order valence-corrected chi connectivity index (χ4v) is 4.00. The molecule has 0 saturated carbocycles. The van der Waals surface area contributed by atoms with Crippen LogP contribution < -0.4 is 0 Å². The van der Waals surface area contributed by atoms with Gasteiger partial charge >= 0.3 is 0 Å². The zero-order chi connectivity index (χ0) is 17.5. The number of halogens is 1. The Kier molecular flexibility index (Phi) is 3.98. The summed E-state index contributed by atoms with van der Waals surface area (Å²) in [6.07, 6.45) is 0.862. The maximum absolute atomic E-state index is 13.5. The second kappa shape index (κ2) is 5.84. The van der Waals surface area contributed by atoms with Gasteiger partial charge in [-0.25, -0.2) is 4.39 Å². The molecule has 2 heterocycles. The molecule has 1 saturated heterocycles. The zero-order valence-corrected chi connectivity index (χ0v) is 14.2. The highest BCUT2D eigenvalue weighted by Crippen LogP contribution is 2.41. The Labute approximate surface area is 143 Å². The lowest BCUT2D eigenvalue weighted by Gasteiger charge is -2.36. The first-order valence-corrected chi connectivity index (χ1v) is 8.35. The van der Waals surface area contributed by atoms with Crippen LogP contribution in [0.3, 0.4) is 0 Å². The number of likely N-dealkylation sites (tertiary alicyclic amines) is 1. The number of amidine groups is 1. The molecule has 1 aliphatic rings. The molecule has 1 N–H and O–H groups in total. The summed E-state index contributed by atoms with van der Waals surface area (Å²) in [6.45, 7) is 1.99. The number of thiophene rings is 1. The molecule has 0 unspecified atom stereocenters. The molecule has 0 aliphatic carbocycles. The number of carbonyl (C=O) groups excluding carboxylic acids is 1. The van der Waals surface area contributed by atoms with Crippen LogP contribution in [0.25, 0.3) is 11.1 Å². The van der Waals surface area contributed by atoms with Gasteiger partial charge in [-0.05, 0) is 34.7 Å². The van der Waals surface area contributed by atoms with Gasteiger partial charge in [-0.2, -0.15) is 5.26 Å². The summed E-state index contributed by atoms with van der Waals surface area (Å²) in [7, 11) is 1.63. The molecule has 2 aromatic rings. The number of nitrogens with one attached hydrogen (secondary N) is 1. The summed E-state index contributed by atoms with van der Waals surface area (Å²) in [4.78, 5) is 14.5. The molecule has 1 aliphatic heterocycles. The minimum atomic E-state index is -0.530. The third kappa shape index (κ3) is 2.72. The molecule has 1 fully saturated rings. The normalized spacial score (nSPS) is 21.0. The molecule has 1 aromatic carbocycles. The number of hydrogen-bond donors (Lipinski definition) is 1. The van der Waals surface area contributed by atoms with Crippen molar-refractivity contribution >= 4 is 23.1 Å². The number of nitrogens with zero attached hydrogens (tertiary/aromatic N) is 2. The maximum atomic E-state index is 13.5. The number of carbonyl (C=O) groups is 1. The quantitative estimate of drug-likeness (QED) is 0.900. The maximum Gasteiger partial charge on any atom is 0.228 e. The van der Waals surface area contributed by atoms with Crippen molar-refractivity contribution in [1.82, 2.24) is 4.90 Å². The molecular formula is C18H16FN3OS. The highest BCUT2D eigenvalue weighted by atomic mass is 32.1. The molecule has 0 bridgehead atoms. The first-order chi connectivity index (χ1) is 11.3. The third-order valence-electron chi connectivity index (χ3n) is 4.49. The smallest absolute Gasteiger partial charge is 0.228 e. The van der Waals surface area contributed by atoms with E-state index in [9.17, 15) is 9.18 Å². The van der Waals surface area contributed by atoms with Crippen molar-refractivity contribution in [3.05, 3.63) is 45.9 Å². The van der Waals surface area contributed by atoms with E-state index in [2.05, 4.69) is 0 Å². The lowest BCUT2D eigenvalue weighted by molar-refractivity contribution is -0.128. The second-order valence-electron chi connectivity index (χ2n) is 6.32. The molecule has 1 amide bonds. The summed E-state index contributed by atoms with van der Waals surface area (Å²) in [5.74, 6) is -0.271. The van der Waals surface area contributed by atoms with Gasteiger partial charge in [-0.15, -0.1) is 11.3 Å². The highest BCUT2D eigenvalue weighted by Gasteiger charge is 2.39. The van der Waals surface area contributed by atoms with Gasteiger partial charge in [0.1, 0.15) is 17.7 Å². The number of nitriles is 1. The van der Waals surface area contributed by atoms with Gasteiger partial charge in [0.05, 0.1) is 5.56 Å². The van der Waals surface area contributed by atoms with Crippen molar-refractivity contribution in [3.63, 3.8) is 0 Å². The summed E-state index contributed by atoms with van der Waals surface area (Å²) < 4.78 is 13.5. The van der Waals surface area contributed by atoms with Crippen molar-refractivity contribution in [1.29, 1.82) is 10.7 Å². The zero-order valence-electron chi connectivity index (χ0n) is 13.4. The number of benzene rings is 1. The van der Waals surface area contributed by atoms with Crippen molar-refractivity contribution in [2.45, 2.75) is 25.2 Å². The molecule has 6 heteroatoms. The van der Waals surface area contributed by atoms with Crippen molar-refractivity contribution in [2.24, 2.45) is 0 Å². The molecule has 122 valence electrons. The van der Waals surface area contributed by atoms with E-state index < -0.39 is 11.2 Å². The lowest BCUT2D eigenvalue weighted by atomic mass is 9.78. The Hall–Kier alpha value is -2.52. The van der Waals surface area contributed by atoms with Gasteiger partial charge in [0.25, 0.3) is 0 Å². The third-order valence-corrected chi connectivity index (χ3v) is 5.73. The highest BCUT2D eigenvalue weighted by molar-refractivity contribution is 7.10. The van der Waals surface area contributed by atoms with Gasteiger partial charge in [0.2, 0.25) is 5.91 Å². The average molecular weight is 341 g/mol. The molecule has 4 nitrogen and oxygen atoms in total. The fraction of sp³-hybridized carbons (Fsp3) is 0.278. The predicted octanol–water partition coefficient (Wildman–Crippen LogP) is 3.91. The summed E-state index contributed by atoms with van der Waals surface area (Å²) in [5.41, 5.74) is 1.28. The average Bonchev–Trinajstić information content (AvgIpc) is 3.04. The van der Waals surface area contributed by atoms with Gasteiger partial charge in [-0.1, -0.05) is 13.0 Å². The Balaban J connectivity index is 1.95. The second-order valence-corrected chi connectivity index (χ2v) is 7.23. The van der Waals surface area contributed by atoms with Crippen LogP contribution in [0.1, 0.15) is 30.2 Å². The summed E-state index contributed by atoms with van der Waals surface area (Å²) in [5, 5.41) is 18.9. The van der Waals surface area contributed by atoms with Crippen molar-refractivity contribution < 1.29 is 9.18 Å².